The normalized spacial score (nSPS) is 13.2. The number of hydrogen-bond donors (Lipinski definition) is 1. The number of aromatic nitrogens is 4. The second kappa shape index (κ2) is 7.21. The average Bonchev–Trinajstić information content (AvgIpc) is 3.44. The van der Waals surface area contributed by atoms with Crippen LogP contribution in [0.3, 0.4) is 0 Å². The quantitative estimate of drug-likeness (QED) is 0.688. The molecule has 0 saturated heterocycles. The van der Waals surface area contributed by atoms with Crippen molar-refractivity contribution in [2.45, 2.75) is 25.3 Å². The van der Waals surface area contributed by atoms with Crippen molar-refractivity contribution in [1.82, 2.24) is 25.1 Å². The van der Waals surface area contributed by atoms with Crippen LogP contribution in [-0.4, -0.2) is 24.7 Å². The summed E-state index contributed by atoms with van der Waals surface area (Å²) >= 11 is 5.43. The lowest BCUT2D eigenvalue weighted by atomic mass is 10.1. The van der Waals surface area contributed by atoms with Crippen molar-refractivity contribution < 1.29 is 4.39 Å². The molecule has 1 aliphatic rings. The van der Waals surface area contributed by atoms with Crippen molar-refractivity contribution in [3.63, 3.8) is 0 Å². The zero-order valence-corrected chi connectivity index (χ0v) is 15.1. The molecular weight excluding hydrogens is 363 g/mol. The van der Waals surface area contributed by atoms with Gasteiger partial charge in [0, 0.05) is 11.8 Å². The zero-order valence-electron chi connectivity index (χ0n) is 14.3. The molecular formula is C19H15FN6S. The van der Waals surface area contributed by atoms with Crippen molar-refractivity contribution in [3.05, 3.63) is 71.2 Å². The third-order valence-electron chi connectivity index (χ3n) is 4.35. The Bertz CT molecular complexity index is 1030. The molecule has 8 heteroatoms. The minimum Gasteiger partial charge on any atom is -0.368 e. The number of nitriles is 1. The van der Waals surface area contributed by atoms with Gasteiger partial charge >= 0.3 is 0 Å². The predicted molar refractivity (Wildman–Crippen MR) is 101 cm³/mol. The lowest BCUT2D eigenvalue weighted by Crippen LogP contribution is -2.24. The maximum absolute atomic E-state index is 13.9. The molecule has 2 aromatic heterocycles. The molecule has 0 aliphatic heterocycles. The first kappa shape index (κ1) is 17.2. The van der Waals surface area contributed by atoms with Gasteiger partial charge in [0.05, 0.1) is 12.1 Å². The fraction of sp³-hybridized carbons (Fsp3) is 0.211. The molecule has 0 radical (unpaired) electrons. The Balaban J connectivity index is 1.49. The van der Waals surface area contributed by atoms with Gasteiger partial charge in [0.25, 0.3) is 0 Å². The Morgan fingerprint density at radius 3 is 2.85 bits per heavy atom. The highest BCUT2D eigenvalue weighted by Crippen LogP contribution is 2.40. The Morgan fingerprint density at radius 2 is 2.15 bits per heavy atom. The van der Waals surface area contributed by atoms with Crippen molar-refractivity contribution in [2.75, 3.05) is 0 Å². The second-order valence-corrected chi connectivity index (χ2v) is 6.74. The van der Waals surface area contributed by atoms with Crippen LogP contribution in [0.4, 0.5) is 4.39 Å². The summed E-state index contributed by atoms with van der Waals surface area (Å²) in [5.41, 5.74) is 2.13. The molecule has 4 rings (SSSR count). The summed E-state index contributed by atoms with van der Waals surface area (Å²) in [6.07, 6.45) is 5.10. The molecule has 1 fully saturated rings. The molecule has 134 valence electrons. The van der Waals surface area contributed by atoms with E-state index in [2.05, 4.69) is 20.4 Å². The van der Waals surface area contributed by atoms with E-state index in [0.717, 1.165) is 18.4 Å². The minimum absolute atomic E-state index is 0.275. The van der Waals surface area contributed by atoms with Gasteiger partial charge in [-0.15, -0.1) is 0 Å². The van der Waals surface area contributed by atoms with E-state index >= 15 is 0 Å². The molecule has 2 heterocycles. The third kappa shape index (κ3) is 3.83. The first-order chi connectivity index (χ1) is 13.1. The SMILES string of the molecule is N#Cc1ccc(-n2ncnc2CNC(=S)c2cc(F)cc(C3CC3)c2)nc1. The number of nitrogens with zero attached hydrogens (tertiary/aromatic N) is 5. The topological polar surface area (TPSA) is 79.4 Å². The summed E-state index contributed by atoms with van der Waals surface area (Å²) in [7, 11) is 0. The van der Waals surface area contributed by atoms with Gasteiger partial charge < -0.3 is 5.32 Å². The fourth-order valence-electron chi connectivity index (χ4n) is 2.81. The minimum atomic E-state index is -0.275. The largest absolute Gasteiger partial charge is 0.368 e. The van der Waals surface area contributed by atoms with Crippen LogP contribution in [0.25, 0.3) is 5.82 Å². The standard InChI is InChI=1S/C19H15FN6S/c20-16-6-14(13-2-3-13)5-15(7-16)19(27)23-10-18-24-11-25-26(18)17-4-1-12(8-21)9-22-17/h1,4-7,9,11,13H,2-3,10H2,(H,23,27). The van der Waals surface area contributed by atoms with Crippen molar-refractivity contribution in [3.8, 4) is 11.9 Å². The number of benzene rings is 1. The first-order valence-corrected chi connectivity index (χ1v) is 8.89. The smallest absolute Gasteiger partial charge is 0.155 e. The fourth-order valence-corrected chi connectivity index (χ4v) is 3.00. The Hall–Kier alpha value is -3.18. The second-order valence-electron chi connectivity index (χ2n) is 6.34. The number of nitrogens with one attached hydrogen (secondary N) is 1. The van der Waals surface area contributed by atoms with Crippen LogP contribution in [0.2, 0.25) is 0 Å². The average molecular weight is 378 g/mol. The monoisotopic (exact) mass is 378 g/mol. The van der Waals surface area contributed by atoms with Crippen LogP contribution in [0.1, 0.15) is 41.3 Å². The molecule has 1 N–H and O–H groups in total. The summed E-state index contributed by atoms with van der Waals surface area (Å²) < 4.78 is 15.5. The predicted octanol–water partition coefficient (Wildman–Crippen LogP) is 3.02. The van der Waals surface area contributed by atoms with Gasteiger partial charge in [0.15, 0.2) is 11.6 Å². The lowest BCUT2D eigenvalue weighted by molar-refractivity contribution is 0.625. The molecule has 6 nitrogen and oxygen atoms in total. The number of hydrogen-bond acceptors (Lipinski definition) is 5. The van der Waals surface area contributed by atoms with Crippen LogP contribution < -0.4 is 5.32 Å². The Labute approximate surface area is 160 Å². The van der Waals surface area contributed by atoms with Crippen LogP contribution in [0.5, 0.6) is 0 Å². The van der Waals surface area contributed by atoms with Gasteiger partial charge in [-0.2, -0.15) is 15.0 Å². The Morgan fingerprint density at radius 1 is 1.30 bits per heavy atom. The maximum Gasteiger partial charge on any atom is 0.155 e. The molecule has 0 atom stereocenters. The van der Waals surface area contributed by atoms with E-state index in [1.54, 1.807) is 22.9 Å². The van der Waals surface area contributed by atoms with Gasteiger partial charge in [-0.3, -0.25) is 0 Å². The van der Waals surface area contributed by atoms with E-state index < -0.39 is 0 Å². The van der Waals surface area contributed by atoms with Crippen LogP contribution in [0, 0.1) is 17.1 Å². The van der Waals surface area contributed by atoms with Crippen LogP contribution in [-0.2, 0) is 6.54 Å². The van der Waals surface area contributed by atoms with E-state index in [1.807, 2.05) is 12.1 Å². The van der Waals surface area contributed by atoms with E-state index in [1.165, 1.54) is 18.6 Å². The van der Waals surface area contributed by atoms with Crippen molar-refractivity contribution in [2.24, 2.45) is 0 Å². The molecule has 0 unspecified atom stereocenters. The molecule has 3 aromatic rings. The number of rotatable bonds is 5. The molecule has 27 heavy (non-hydrogen) atoms. The highest BCUT2D eigenvalue weighted by atomic mass is 32.1. The molecule has 1 saturated carbocycles. The van der Waals surface area contributed by atoms with E-state index in [0.29, 0.717) is 40.2 Å². The summed E-state index contributed by atoms with van der Waals surface area (Å²) in [6.45, 7) is 0.315. The van der Waals surface area contributed by atoms with Gasteiger partial charge in [-0.1, -0.05) is 12.2 Å². The maximum atomic E-state index is 13.9. The van der Waals surface area contributed by atoms with Crippen LogP contribution >= 0.6 is 12.2 Å². The zero-order chi connectivity index (χ0) is 18.8. The first-order valence-electron chi connectivity index (χ1n) is 8.48. The molecule has 0 spiro atoms. The lowest BCUT2D eigenvalue weighted by Gasteiger charge is -2.10. The number of pyridine rings is 1. The summed E-state index contributed by atoms with van der Waals surface area (Å²) in [6, 6.07) is 10.4. The third-order valence-corrected chi connectivity index (χ3v) is 4.73. The van der Waals surface area contributed by atoms with Crippen LogP contribution in [0.15, 0.2) is 42.9 Å². The molecule has 0 bridgehead atoms. The van der Waals surface area contributed by atoms with E-state index in [9.17, 15) is 4.39 Å². The molecule has 1 aromatic carbocycles. The number of halogens is 1. The number of thiocarbonyl (C=S) groups is 1. The highest BCUT2D eigenvalue weighted by molar-refractivity contribution is 7.80. The summed E-state index contributed by atoms with van der Waals surface area (Å²) in [5.74, 6) is 1.33. The van der Waals surface area contributed by atoms with E-state index in [4.69, 9.17) is 17.5 Å². The van der Waals surface area contributed by atoms with E-state index in [-0.39, 0.29) is 5.82 Å². The van der Waals surface area contributed by atoms with Gasteiger partial charge in [-0.25, -0.2) is 14.4 Å². The highest BCUT2D eigenvalue weighted by Gasteiger charge is 2.24. The molecule has 1 aliphatic carbocycles. The van der Waals surface area contributed by atoms with Gasteiger partial charge in [-0.05, 0) is 54.7 Å². The molecule has 0 amide bonds. The van der Waals surface area contributed by atoms with Crippen molar-refractivity contribution >= 4 is 17.2 Å². The summed E-state index contributed by atoms with van der Waals surface area (Å²) in [4.78, 5) is 8.90. The van der Waals surface area contributed by atoms with Crippen molar-refractivity contribution in [1.29, 1.82) is 5.26 Å². The Kier molecular flexibility index (Phi) is 4.60. The van der Waals surface area contributed by atoms with Gasteiger partial charge in [0.2, 0.25) is 0 Å². The summed E-state index contributed by atoms with van der Waals surface area (Å²) in [5, 5.41) is 16.1. The van der Waals surface area contributed by atoms with Gasteiger partial charge in [0.1, 0.15) is 23.2 Å².